The Morgan fingerprint density at radius 2 is 2.05 bits per heavy atom. The summed E-state index contributed by atoms with van der Waals surface area (Å²) in [5, 5.41) is 14.4. The number of hydrogen-bond acceptors (Lipinski definition) is 4. The van der Waals surface area contributed by atoms with Crippen LogP contribution in [0, 0.1) is 0 Å². The highest BCUT2D eigenvalue weighted by Gasteiger charge is 2.09. The first-order valence-corrected chi connectivity index (χ1v) is 6.85. The van der Waals surface area contributed by atoms with Crippen molar-refractivity contribution < 1.29 is 9.90 Å². The van der Waals surface area contributed by atoms with E-state index in [9.17, 15) is 9.90 Å². The molecule has 1 heterocycles. The number of carbonyl (C=O) groups is 1. The molecule has 1 amide bonds. The predicted molar refractivity (Wildman–Crippen MR) is 76.7 cm³/mol. The monoisotopic (exact) mass is 276 g/mol. The van der Waals surface area contributed by atoms with Crippen molar-refractivity contribution in [2.75, 3.05) is 6.54 Å². The molecular formula is C14H16N2O2S. The summed E-state index contributed by atoms with van der Waals surface area (Å²) >= 11 is 1.64. The lowest BCUT2D eigenvalue weighted by Gasteiger charge is -2.06. The Balaban J connectivity index is 1.90. The van der Waals surface area contributed by atoms with E-state index in [4.69, 9.17) is 5.73 Å². The lowest BCUT2D eigenvalue weighted by Crippen LogP contribution is -2.37. The first-order valence-electron chi connectivity index (χ1n) is 5.98. The van der Waals surface area contributed by atoms with Crippen molar-refractivity contribution in [2.45, 2.75) is 12.6 Å². The number of aliphatic hydroxyl groups excluding tert-OH is 1. The number of rotatable bonds is 6. The van der Waals surface area contributed by atoms with Crippen LogP contribution < -0.4 is 11.1 Å². The standard InChI is InChI=1S/C14H16N2O2S/c15-14(18)13(17)8-16-7-12-6-11(9-19-12)10-4-2-1-3-5-10/h1-6,9,13,16-17H,7-8H2,(H2,15,18). The number of primary amides is 1. The Labute approximate surface area is 115 Å². The zero-order chi connectivity index (χ0) is 13.7. The Morgan fingerprint density at radius 1 is 1.32 bits per heavy atom. The lowest BCUT2D eigenvalue weighted by atomic mass is 10.1. The van der Waals surface area contributed by atoms with Gasteiger partial charge in [0.05, 0.1) is 0 Å². The third kappa shape index (κ3) is 3.89. The summed E-state index contributed by atoms with van der Waals surface area (Å²) < 4.78 is 0. The van der Waals surface area contributed by atoms with E-state index in [0.29, 0.717) is 6.54 Å². The van der Waals surface area contributed by atoms with Crippen LogP contribution in [0.2, 0.25) is 0 Å². The van der Waals surface area contributed by atoms with Gasteiger partial charge in [0, 0.05) is 18.0 Å². The molecule has 0 aliphatic carbocycles. The predicted octanol–water partition coefficient (Wildman–Crippen LogP) is 1.35. The van der Waals surface area contributed by atoms with E-state index >= 15 is 0 Å². The van der Waals surface area contributed by atoms with E-state index in [1.54, 1.807) is 11.3 Å². The van der Waals surface area contributed by atoms with Crippen LogP contribution in [0.4, 0.5) is 0 Å². The minimum absolute atomic E-state index is 0.175. The summed E-state index contributed by atoms with van der Waals surface area (Å²) in [6.07, 6.45) is -1.13. The van der Waals surface area contributed by atoms with Gasteiger partial charge in [0.15, 0.2) is 0 Å². The third-order valence-electron chi connectivity index (χ3n) is 2.73. The van der Waals surface area contributed by atoms with Crippen LogP contribution in [0.1, 0.15) is 4.88 Å². The number of hydrogen-bond donors (Lipinski definition) is 3. The number of carbonyl (C=O) groups excluding carboxylic acids is 1. The summed E-state index contributed by atoms with van der Waals surface area (Å²) in [5.41, 5.74) is 7.33. The molecule has 1 aromatic heterocycles. The van der Waals surface area contributed by atoms with E-state index in [-0.39, 0.29) is 6.54 Å². The Kier molecular flexibility index (Phi) is 4.68. The quantitative estimate of drug-likeness (QED) is 0.745. The van der Waals surface area contributed by atoms with Crippen molar-refractivity contribution in [1.29, 1.82) is 0 Å². The molecule has 19 heavy (non-hydrogen) atoms. The number of nitrogens with one attached hydrogen (secondary N) is 1. The van der Waals surface area contributed by atoms with Gasteiger partial charge in [-0.1, -0.05) is 30.3 Å². The van der Waals surface area contributed by atoms with Gasteiger partial charge in [-0.05, 0) is 22.6 Å². The molecule has 4 N–H and O–H groups in total. The average molecular weight is 276 g/mol. The Bertz CT molecular complexity index is 539. The van der Waals surface area contributed by atoms with Crippen LogP contribution >= 0.6 is 11.3 Å². The van der Waals surface area contributed by atoms with Gasteiger partial charge < -0.3 is 16.2 Å². The van der Waals surface area contributed by atoms with Crippen LogP contribution in [0.3, 0.4) is 0 Å². The molecule has 2 rings (SSSR count). The largest absolute Gasteiger partial charge is 0.382 e. The van der Waals surface area contributed by atoms with E-state index in [2.05, 4.69) is 28.9 Å². The maximum absolute atomic E-state index is 10.7. The lowest BCUT2D eigenvalue weighted by molar-refractivity contribution is -0.125. The van der Waals surface area contributed by atoms with Crippen molar-refractivity contribution in [1.82, 2.24) is 5.32 Å². The molecule has 0 spiro atoms. The molecule has 100 valence electrons. The maximum atomic E-state index is 10.7. The first-order chi connectivity index (χ1) is 9.16. The van der Waals surface area contributed by atoms with Crippen molar-refractivity contribution in [3.8, 4) is 11.1 Å². The molecule has 1 atom stereocenters. The number of amides is 1. The Morgan fingerprint density at radius 3 is 2.74 bits per heavy atom. The van der Waals surface area contributed by atoms with Gasteiger partial charge in [-0.2, -0.15) is 0 Å². The smallest absolute Gasteiger partial charge is 0.247 e. The van der Waals surface area contributed by atoms with Gasteiger partial charge in [0.2, 0.25) is 5.91 Å². The highest BCUT2D eigenvalue weighted by molar-refractivity contribution is 7.10. The van der Waals surface area contributed by atoms with Crippen molar-refractivity contribution >= 4 is 17.2 Å². The van der Waals surface area contributed by atoms with E-state index in [1.165, 1.54) is 11.1 Å². The highest BCUT2D eigenvalue weighted by Crippen LogP contribution is 2.25. The molecule has 2 aromatic rings. The third-order valence-corrected chi connectivity index (χ3v) is 3.66. The fourth-order valence-corrected chi connectivity index (χ4v) is 2.55. The van der Waals surface area contributed by atoms with Crippen molar-refractivity contribution in [3.05, 3.63) is 46.7 Å². The van der Waals surface area contributed by atoms with Crippen LogP contribution in [-0.2, 0) is 11.3 Å². The fourth-order valence-electron chi connectivity index (χ4n) is 1.69. The average Bonchev–Trinajstić information content (AvgIpc) is 2.88. The zero-order valence-electron chi connectivity index (χ0n) is 10.4. The second-order valence-electron chi connectivity index (χ2n) is 4.22. The van der Waals surface area contributed by atoms with E-state index in [0.717, 1.165) is 4.88 Å². The van der Waals surface area contributed by atoms with Crippen molar-refractivity contribution in [2.24, 2.45) is 5.73 Å². The van der Waals surface area contributed by atoms with Crippen LogP contribution in [0.15, 0.2) is 41.8 Å². The van der Waals surface area contributed by atoms with Gasteiger partial charge >= 0.3 is 0 Å². The summed E-state index contributed by atoms with van der Waals surface area (Å²) in [6.45, 7) is 0.787. The molecule has 1 aromatic carbocycles. The van der Waals surface area contributed by atoms with Crippen LogP contribution in [0.5, 0.6) is 0 Å². The number of nitrogens with two attached hydrogens (primary N) is 1. The molecule has 0 aliphatic rings. The second kappa shape index (κ2) is 6.47. The van der Waals surface area contributed by atoms with Gasteiger partial charge in [-0.15, -0.1) is 11.3 Å². The molecule has 1 unspecified atom stereocenters. The summed E-state index contributed by atoms with van der Waals surface area (Å²) in [7, 11) is 0. The van der Waals surface area contributed by atoms with Gasteiger partial charge in [-0.3, -0.25) is 4.79 Å². The first kappa shape index (κ1) is 13.7. The van der Waals surface area contributed by atoms with Crippen molar-refractivity contribution in [3.63, 3.8) is 0 Å². The van der Waals surface area contributed by atoms with E-state index in [1.807, 2.05) is 18.2 Å². The molecule has 0 radical (unpaired) electrons. The molecule has 0 saturated carbocycles. The number of benzene rings is 1. The van der Waals surface area contributed by atoms with E-state index < -0.39 is 12.0 Å². The molecular weight excluding hydrogens is 260 g/mol. The zero-order valence-corrected chi connectivity index (χ0v) is 11.2. The van der Waals surface area contributed by atoms with Gasteiger partial charge in [0.25, 0.3) is 0 Å². The number of thiophene rings is 1. The van der Waals surface area contributed by atoms with Crippen LogP contribution in [0.25, 0.3) is 11.1 Å². The van der Waals surface area contributed by atoms with Gasteiger partial charge in [0.1, 0.15) is 6.10 Å². The summed E-state index contributed by atoms with van der Waals surface area (Å²) in [6, 6.07) is 12.2. The molecule has 4 nitrogen and oxygen atoms in total. The fraction of sp³-hybridized carbons (Fsp3) is 0.214. The molecule has 0 bridgehead atoms. The topological polar surface area (TPSA) is 75.4 Å². The minimum Gasteiger partial charge on any atom is -0.382 e. The maximum Gasteiger partial charge on any atom is 0.247 e. The Hall–Kier alpha value is -1.69. The molecule has 0 fully saturated rings. The highest BCUT2D eigenvalue weighted by atomic mass is 32.1. The minimum atomic E-state index is -1.13. The summed E-state index contributed by atoms with van der Waals surface area (Å²) in [4.78, 5) is 11.8. The molecule has 5 heteroatoms. The number of aliphatic hydroxyl groups is 1. The second-order valence-corrected chi connectivity index (χ2v) is 5.21. The van der Waals surface area contributed by atoms with Gasteiger partial charge in [-0.25, -0.2) is 0 Å². The molecule has 0 aliphatic heterocycles. The SMILES string of the molecule is NC(=O)C(O)CNCc1cc(-c2ccccc2)cs1. The summed E-state index contributed by atoms with van der Waals surface area (Å²) in [5.74, 6) is -0.705. The van der Waals surface area contributed by atoms with Crippen LogP contribution in [-0.4, -0.2) is 23.7 Å². The normalized spacial score (nSPS) is 12.3. The molecule has 0 saturated heterocycles.